The Hall–Kier alpha value is -0.870. The van der Waals surface area contributed by atoms with E-state index in [1.54, 1.807) is 0 Å². The lowest BCUT2D eigenvalue weighted by molar-refractivity contribution is 0.221. The minimum absolute atomic E-state index is 0.0527. The normalized spacial score (nSPS) is 14.2. The quantitative estimate of drug-likeness (QED) is 0.872. The largest absolute Gasteiger partial charge is 0.329 e. The summed E-state index contributed by atoms with van der Waals surface area (Å²) >= 11 is 0. The van der Waals surface area contributed by atoms with Gasteiger partial charge in [0.2, 0.25) is 0 Å². The minimum Gasteiger partial charge on any atom is -0.329 e. The van der Waals surface area contributed by atoms with Crippen molar-refractivity contribution in [3.05, 3.63) is 17.5 Å². The van der Waals surface area contributed by atoms with E-state index in [1.165, 1.54) is 5.56 Å². The smallest absolute Gasteiger partial charge is 0.0726 e. The summed E-state index contributed by atoms with van der Waals surface area (Å²) in [5.41, 5.74) is 8.49. The third kappa shape index (κ3) is 3.12. The molecule has 0 saturated carbocycles. The molecule has 0 radical (unpaired) electrons. The highest BCUT2D eigenvalue weighted by Gasteiger charge is 2.28. The van der Waals surface area contributed by atoms with E-state index in [1.807, 2.05) is 11.7 Å². The van der Waals surface area contributed by atoms with Gasteiger partial charge in [0, 0.05) is 30.8 Å². The van der Waals surface area contributed by atoms with Crippen molar-refractivity contribution in [2.45, 2.75) is 46.1 Å². The molecule has 1 aromatic heterocycles. The molecule has 0 aliphatic heterocycles. The second-order valence-electron chi connectivity index (χ2n) is 5.83. The van der Waals surface area contributed by atoms with Crippen LogP contribution in [-0.4, -0.2) is 34.3 Å². The highest BCUT2D eigenvalue weighted by molar-refractivity contribution is 5.27. The summed E-state index contributed by atoms with van der Waals surface area (Å²) in [6, 6.07) is 0.267. The summed E-state index contributed by atoms with van der Waals surface area (Å²) in [4.78, 5) is 2.40. The molecule has 0 aliphatic rings. The number of likely N-dealkylation sites (N-methyl/N-ethyl adjacent to an activating group) is 1. The van der Waals surface area contributed by atoms with Crippen LogP contribution >= 0.6 is 0 Å². The van der Waals surface area contributed by atoms with E-state index in [-0.39, 0.29) is 11.5 Å². The highest BCUT2D eigenvalue weighted by Crippen LogP contribution is 2.30. The molecule has 0 fully saturated rings. The maximum atomic E-state index is 6.00. The number of nitrogens with two attached hydrogens (primary N) is 1. The van der Waals surface area contributed by atoms with Gasteiger partial charge in [-0.25, -0.2) is 0 Å². The van der Waals surface area contributed by atoms with E-state index in [2.05, 4.69) is 50.8 Å². The predicted molar refractivity (Wildman–Crippen MR) is 76.6 cm³/mol. The summed E-state index contributed by atoms with van der Waals surface area (Å²) in [5, 5.41) is 4.64. The molecule has 1 atom stereocenters. The van der Waals surface area contributed by atoms with E-state index in [0.29, 0.717) is 6.54 Å². The van der Waals surface area contributed by atoms with Crippen molar-refractivity contribution in [1.29, 1.82) is 0 Å². The van der Waals surface area contributed by atoms with Crippen LogP contribution in [0, 0.1) is 0 Å². The van der Waals surface area contributed by atoms with Gasteiger partial charge >= 0.3 is 0 Å². The average molecular weight is 252 g/mol. The summed E-state index contributed by atoms with van der Waals surface area (Å²) in [5.74, 6) is 0. The van der Waals surface area contributed by atoms with Gasteiger partial charge in [-0.15, -0.1) is 0 Å². The maximum Gasteiger partial charge on any atom is 0.0726 e. The molecule has 1 unspecified atom stereocenters. The Bertz CT molecular complexity index is 372. The summed E-state index contributed by atoms with van der Waals surface area (Å²) in [6.45, 7) is 13.6. The molecule has 0 aliphatic carbocycles. The molecule has 1 aromatic rings. The van der Waals surface area contributed by atoms with Crippen LogP contribution in [0.2, 0.25) is 0 Å². The van der Waals surface area contributed by atoms with Crippen molar-refractivity contribution < 1.29 is 0 Å². The number of nitrogens with zero attached hydrogens (tertiary/aromatic N) is 3. The molecule has 4 nitrogen and oxygen atoms in total. The number of hydrogen-bond donors (Lipinski definition) is 1. The second kappa shape index (κ2) is 5.85. The van der Waals surface area contributed by atoms with E-state index in [0.717, 1.165) is 18.8 Å². The molecule has 1 heterocycles. The Kier molecular flexibility index (Phi) is 4.93. The van der Waals surface area contributed by atoms with Crippen LogP contribution in [0.4, 0.5) is 0 Å². The molecule has 0 aromatic carbocycles. The second-order valence-corrected chi connectivity index (χ2v) is 5.83. The number of hydrogen-bond acceptors (Lipinski definition) is 3. The fourth-order valence-electron chi connectivity index (χ4n) is 2.47. The van der Waals surface area contributed by atoms with E-state index in [9.17, 15) is 0 Å². The number of aromatic nitrogens is 2. The molecule has 0 amide bonds. The molecular weight excluding hydrogens is 224 g/mol. The lowest BCUT2D eigenvalue weighted by Gasteiger charge is -2.30. The Balaban J connectivity index is 3.21. The van der Waals surface area contributed by atoms with Gasteiger partial charge in [0.25, 0.3) is 0 Å². The van der Waals surface area contributed by atoms with Crippen molar-refractivity contribution in [2.24, 2.45) is 12.8 Å². The van der Waals surface area contributed by atoms with Crippen LogP contribution < -0.4 is 5.73 Å². The topological polar surface area (TPSA) is 47.1 Å². The highest BCUT2D eigenvalue weighted by atomic mass is 15.3. The summed E-state index contributed by atoms with van der Waals surface area (Å²) < 4.78 is 1.90. The van der Waals surface area contributed by atoms with Crippen LogP contribution in [0.5, 0.6) is 0 Å². The number of rotatable bonds is 5. The molecule has 0 saturated heterocycles. The minimum atomic E-state index is 0.0527. The van der Waals surface area contributed by atoms with Crippen molar-refractivity contribution in [3.63, 3.8) is 0 Å². The van der Waals surface area contributed by atoms with Crippen LogP contribution in [0.25, 0.3) is 0 Å². The van der Waals surface area contributed by atoms with Crippen molar-refractivity contribution in [1.82, 2.24) is 14.7 Å². The van der Waals surface area contributed by atoms with E-state index >= 15 is 0 Å². The fourth-order valence-corrected chi connectivity index (χ4v) is 2.47. The van der Waals surface area contributed by atoms with Gasteiger partial charge in [0.15, 0.2) is 0 Å². The zero-order chi connectivity index (χ0) is 13.9. The monoisotopic (exact) mass is 252 g/mol. The molecule has 104 valence electrons. The van der Waals surface area contributed by atoms with Crippen molar-refractivity contribution >= 4 is 0 Å². The third-order valence-electron chi connectivity index (χ3n) is 3.40. The SMILES string of the molecule is CCN(CC)C(CN)c1cn(C)nc1C(C)(C)C. The Morgan fingerprint density at radius 2 is 1.89 bits per heavy atom. The summed E-state index contributed by atoms with van der Waals surface area (Å²) in [7, 11) is 1.98. The Morgan fingerprint density at radius 3 is 2.28 bits per heavy atom. The Labute approximate surface area is 111 Å². The zero-order valence-electron chi connectivity index (χ0n) is 12.7. The molecule has 18 heavy (non-hydrogen) atoms. The number of aryl methyl sites for hydroxylation is 1. The van der Waals surface area contributed by atoms with E-state index < -0.39 is 0 Å². The van der Waals surface area contributed by atoms with Crippen molar-refractivity contribution in [3.8, 4) is 0 Å². The van der Waals surface area contributed by atoms with Crippen molar-refractivity contribution in [2.75, 3.05) is 19.6 Å². The first-order chi connectivity index (χ1) is 8.35. The van der Waals surface area contributed by atoms with Gasteiger partial charge in [-0.1, -0.05) is 34.6 Å². The standard InChI is InChI=1S/C14H28N4/c1-7-18(8-2)12(9-15)11-10-17(6)16-13(11)14(3,4)5/h10,12H,7-9,15H2,1-6H3. The van der Waals surface area contributed by atoms with Gasteiger partial charge in [-0.3, -0.25) is 9.58 Å². The Morgan fingerprint density at radius 1 is 1.33 bits per heavy atom. The molecule has 0 spiro atoms. The zero-order valence-corrected chi connectivity index (χ0v) is 12.7. The van der Waals surface area contributed by atoms with Crippen LogP contribution in [0.3, 0.4) is 0 Å². The van der Waals surface area contributed by atoms with Gasteiger partial charge in [0.1, 0.15) is 0 Å². The summed E-state index contributed by atoms with van der Waals surface area (Å²) in [6.07, 6.45) is 2.12. The van der Waals surface area contributed by atoms with Crippen LogP contribution in [-0.2, 0) is 12.5 Å². The van der Waals surface area contributed by atoms with Gasteiger partial charge in [-0.05, 0) is 13.1 Å². The first kappa shape index (κ1) is 15.2. The molecule has 2 N–H and O–H groups in total. The lowest BCUT2D eigenvalue weighted by Crippen LogP contribution is -2.34. The van der Waals surface area contributed by atoms with Crippen LogP contribution in [0.15, 0.2) is 6.20 Å². The third-order valence-corrected chi connectivity index (χ3v) is 3.40. The molecule has 4 heteroatoms. The predicted octanol–water partition coefficient (Wildman–Crippen LogP) is 2.06. The molecule has 1 rings (SSSR count). The van der Waals surface area contributed by atoms with E-state index in [4.69, 9.17) is 5.73 Å². The molecule has 0 bridgehead atoms. The average Bonchev–Trinajstić information content (AvgIpc) is 2.67. The molecular formula is C14H28N4. The fraction of sp³-hybridized carbons (Fsp3) is 0.786. The maximum absolute atomic E-state index is 6.00. The van der Waals surface area contributed by atoms with Gasteiger partial charge in [-0.2, -0.15) is 5.10 Å². The lowest BCUT2D eigenvalue weighted by atomic mass is 9.87. The van der Waals surface area contributed by atoms with Gasteiger partial charge in [0.05, 0.1) is 11.7 Å². The van der Waals surface area contributed by atoms with Crippen LogP contribution in [0.1, 0.15) is 51.9 Å². The first-order valence-electron chi connectivity index (χ1n) is 6.83. The van der Waals surface area contributed by atoms with Gasteiger partial charge < -0.3 is 5.73 Å². The first-order valence-corrected chi connectivity index (χ1v) is 6.83.